The highest BCUT2D eigenvalue weighted by Gasteiger charge is 2.31. The van der Waals surface area contributed by atoms with Gasteiger partial charge in [0.2, 0.25) is 0 Å². The van der Waals surface area contributed by atoms with Crippen LogP contribution >= 0.6 is 15.6 Å². The number of hydrogen-bond acceptors (Lipinski definition) is 15. The van der Waals surface area contributed by atoms with Crippen LogP contribution in [0, 0.1) is 17.8 Å². The number of hydrogen-bond donors (Lipinski definition) is 3. The van der Waals surface area contributed by atoms with Gasteiger partial charge in [0.05, 0.1) is 26.4 Å². The van der Waals surface area contributed by atoms with E-state index in [1.165, 1.54) is 270 Å². The number of phosphoric acid groups is 2. The van der Waals surface area contributed by atoms with E-state index < -0.39 is 97.5 Å². The van der Waals surface area contributed by atoms with E-state index in [4.69, 9.17) is 37.0 Å². The largest absolute Gasteiger partial charge is 0.472 e. The summed E-state index contributed by atoms with van der Waals surface area (Å²) in [4.78, 5) is 73.3. The summed E-state index contributed by atoms with van der Waals surface area (Å²) < 4.78 is 69.0. The Morgan fingerprint density at radius 2 is 0.449 bits per heavy atom. The number of carbonyl (C=O) groups is 4. The molecule has 0 aliphatic rings. The first kappa shape index (κ1) is 105. The van der Waals surface area contributed by atoms with Gasteiger partial charge in [0.25, 0.3) is 0 Å². The number of esters is 4. The fraction of sp³-hybridized carbons (Fsp3) is 0.955. The molecule has 0 saturated heterocycles. The first-order valence-corrected chi connectivity index (χ1v) is 48.5. The normalized spacial score (nSPS) is 14.6. The van der Waals surface area contributed by atoms with Crippen molar-refractivity contribution < 1.29 is 80.2 Å². The quantitative estimate of drug-likeness (QED) is 0.0222. The van der Waals surface area contributed by atoms with E-state index in [-0.39, 0.29) is 25.7 Å². The Hall–Kier alpha value is -1.94. The molecule has 0 radical (unpaired) electrons. The van der Waals surface area contributed by atoms with Crippen LogP contribution in [0.25, 0.3) is 0 Å². The molecule has 0 aliphatic heterocycles. The molecule has 19 heteroatoms. The summed E-state index contributed by atoms with van der Waals surface area (Å²) in [7, 11) is -9.93. The molecule has 17 nitrogen and oxygen atoms in total. The molecular weight excluding hydrogens is 1390 g/mol. The molecule has 0 bridgehead atoms. The molecule has 0 aromatic heterocycles. The van der Waals surface area contributed by atoms with Crippen LogP contribution in [0.1, 0.15) is 466 Å². The van der Waals surface area contributed by atoms with Crippen molar-refractivity contribution in [3.8, 4) is 0 Å². The number of aliphatic hydroxyl groups is 1. The Kier molecular flexibility index (Phi) is 76.6. The number of aliphatic hydroxyl groups excluding tert-OH is 1. The van der Waals surface area contributed by atoms with Crippen LogP contribution in [0.4, 0.5) is 0 Å². The van der Waals surface area contributed by atoms with Crippen molar-refractivity contribution in [1.29, 1.82) is 0 Å². The number of unbranched alkanes of at least 4 members (excludes halogenated alkanes) is 51. The van der Waals surface area contributed by atoms with Crippen molar-refractivity contribution in [2.24, 2.45) is 17.8 Å². The Bertz CT molecular complexity index is 2070. The molecule has 5 unspecified atom stereocenters. The topological polar surface area (TPSA) is 237 Å². The first-order valence-electron chi connectivity index (χ1n) is 45.5. The van der Waals surface area contributed by atoms with Crippen molar-refractivity contribution in [2.75, 3.05) is 39.6 Å². The van der Waals surface area contributed by atoms with Crippen LogP contribution in [0.15, 0.2) is 0 Å². The third kappa shape index (κ3) is 77.8. The third-order valence-electron chi connectivity index (χ3n) is 21.7. The van der Waals surface area contributed by atoms with Crippen molar-refractivity contribution in [1.82, 2.24) is 0 Å². The molecular formula is C88H172O17P2. The molecule has 107 heavy (non-hydrogen) atoms. The van der Waals surface area contributed by atoms with Gasteiger partial charge in [-0.2, -0.15) is 0 Å². The Balaban J connectivity index is 5.23. The summed E-state index contributed by atoms with van der Waals surface area (Å²) in [5, 5.41) is 10.7. The van der Waals surface area contributed by atoms with Crippen LogP contribution in [-0.4, -0.2) is 96.7 Å². The number of phosphoric ester groups is 2. The van der Waals surface area contributed by atoms with E-state index in [2.05, 4.69) is 48.5 Å². The lowest BCUT2D eigenvalue weighted by Gasteiger charge is -2.21. The van der Waals surface area contributed by atoms with Gasteiger partial charge >= 0.3 is 39.5 Å². The zero-order valence-corrected chi connectivity index (χ0v) is 72.4. The molecule has 0 aromatic rings. The van der Waals surface area contributed by atoms with Gasteiger partial charge in [-0.05, 0) is 43.4 Å². The molecule has 0 aromatic carbocycles. The van der Waals surface area contributed by atoms with Crippen LogP contribution < -0.4 is 0 Å². The average Bonchev–Trinajstić information content (AvgIpc) is 0.900. The number of ether oxygens (including phenoxy) is 4. The van der Waals surface area contributed by atoms with Crippen LogP contribution in [0.5, 0.6) is 0 Å². The summed E-state index contributed by atoms with van der Waals surface area (Å²) >= 11 is 0. The Morgan fingerprint density at radius 1 is 0.262 bits per heavy atom. The second kappa shape index (κ2) is 78.0. The highest BCUT2D eigenvalue weighted by Crippen LogP contribution is 2.45. The fourth-order valence-corrected chi connectivity index (χ4v) is 15.2. The lowest BCUT2D eigenvalue weighted by Crippen LogP contribution is -2.30. The number of rotatable bonds is 86. The molecule has 0 fully saturated rings. The minimum absolute atomic E-state index is 0.108. The molecule has 3 N–H and O–H groups in total. The zero-order chi connectivity index (χ0) is 78.6. The Morgan fingerprint density at radius 3 is 0.664 bits per heavy atom. The van der Waals surface area contributed by atoms with Gasteiger partial charge in [0.1, 0.15) is 19.3 Å². The monoisotopic (exact) mass is 1560 g/mol. The van der Waals surface area contributed by atoms with Gasteiger partial charge in [-0.3, -0.25) is 37.3 Å². The summed E-state index contributed by atoms with van der Waals surface area (Å²) in [5.41, 5.74) is 0. The lowest BCUT2D eigenvalue weighted by molar-refractivity contribution is -0.161. The first-order chi connectivity index (χ1) is 51.8. The van der Waals surface area contributed by atoms with Gasteiger partial charge in [0.15, 0.2) is 12.2 Å². The highest BCUT2D eigenvalue weighted by atomic mass is 31.2. The van der Waals surface area contributed by atoms with Crippen LogP contribution in [0.2, 0.25) is 0 Å². The van der Waals surface area contributed by atoms with E-state index in [0.717, 1.165) is 114 Å². The Labute approximate surface area is 658 Å². The summed E-state index contributed by atoms with van der Waals surface area (Å²) in [6, 6.07) is 0. The highest BCUT2D eigenvalue weighted by molar-refractivity contribution is 7.47. The molecule has 0 spiro atoms. The van der Waals surface area contributed by atoms with Gasteiger partial charge in [-0.1, -0.05) is 414 Å². The molecule has 8 atom stereocenters. The van der Waals surface area contributed by atoms with E-state index in [0.29, 0.717) is 25.7 Å². The van der Waals surface area contributed by atoms with Crippen molar-refractivity contribution in [2.45, 2.75) is 484 Å². The molecule has 0 rings (SSSR count). The zero-order valence-electron chi connectivity index (χ0n) is 70.6. The maximum Gasteiger partial charge on any atom is 0.472 e. The maximum absolute atomic E-state index is 13.2. The fourth-order valence-electron chi connectivity index (χ4n) is 13.6. The maximum atomic E-state index is 13.2. The molecule has 0 amide bonds. The van der Waals surface area contributed by atoms with Crippen LogP contribution in [0.3, 0.4) is 0 Å². The number of carbonyl (C=O) groups excluding carboxylic acids is 4. The van der Waals surface area contributed by atoms with Gasteiger partial charge in [-0.25, -0.2) is 9.13 Å². The van der Waals surface area contributed by atoms with E-state index >= 15 is 0 Å². The lowest BCUT2D eigenvalue weighted by atomic mass is 9.99. The molecule has 0 aliphatic carbocycles. The van der Waals surface area contributed by atoms with E-state index in [1.807, 2.05) is 0 Å². The molecule has 636 valence electrons. The molecule has 0 heterocycles. The van der Waals surface area contributed by atoms with Gasteiger partial charge in [0, 0.05) is 25.7 Å². The minimum atomic E-state index is -4.97. The van der Waals surface area contributed by atoms with Crippen molar-refractivity contribution >= 4 is 39.5 Å². The van der Waals surface area contributed by atoms with E-state index in [1.54, 1.807) is 0 Å². The van der Waals surface area contributed by atoms with Gasteiger partial charge in [-0.15, -0.1) is 0 Å². The third-order valence-corrected chi connectivity index (χ3v) is 23.6. The second-order valence-electron chi connectivity index (χ2n) is 32.4. The van der Waals surface area contributed by atoms with Crippen molar-refractivity contribution in [3.63, 3.8) is 0 Å². The van der Waals surface area contributed by atoms with E-state index in [9.17, 15) is 43.2 Å². The smallest absolute Gasteiger partial charge is 0.462 e. The SMILES string of the molecule is CCCCCCCCCCCCCCCCCCCC(=O)O[C@H](COC(=O)CCCCCCCCC(C)CC)COP(=O)(O)OC[C@H](O)COP(=O)(O)OC[C@@H](COC(=O)CCCCCCCCCCCCCCCCC(C)CC)OC(=O)CCCCCCCCCCCCCCCCCCCCC(C)CC. The van der Waals surface area contributed by atoms with Crippen LogP contribution in [-0.2, 0) is 65.4 Å². The predicted octanol–water partition coefficient (Wildman–Crippen LogP) is 26.9. The molecule has 0 saturated carbocycles. The standard InChI is InChI=1S/C88H172O17P2/c1-8-12-13-14-15-16-17-18-19-22-26-33-38-43-48-57-65-72-88(93)105-84(76-99-86(91)70-63-56-51-50-54-61-68-81(7)11-4)78-103-107(96,97)101-74-82(89)73-100-106(94,95)102-77-83(75-98-85(90)69-62-55-47-42-37-32-29-28-31-36-41-46-53-60-67-80(6)10-3)104-87(92)71-64-58-49-44-39-34-27-24-21-20-23-25-30-35-40-45-52-59-66-79(5)9-2/h79-84,89H,8-78H2,1-7H3,(H,94,95)(H,96,97)/t79?,80?,81?,82-,83-,84-/m1/s1. The second-order valence-corrected chi connectivity index (χ2v) is 35.3. The summed E-state index contributed by atoms with van der Waals surface area (Å²) in [6.45, 7) is 12.1. The predicted molar refractivity (Wildman–Crippen MR) is 441 cm³/mol. The average molecular weight is 1560 g/mol. The van der Waals surface area contributed by atoms with Gasteiger partial charge < -0.3 is 33.8 Å². The minimum Gasteiger partial charge on any atom is -0.462 e. The summed E-state index contributed by atoms with van der Waals surface area (Å²) in [5.74, 6) is 0.349. The van der Waals surface area contributed by atoms with Crippen molar-refractivity contribution in [3.05, 3.63) is 0 Å². The summed E-state index contributed by atoms with van der Waals surface area (Å²) in [6.07, 6.45) is 69.4.